The average Bonchev–Trinajstić information content (AvgIpc) is 1.67. The quantitative estimate of drug-likeness (QED) is 0.0175. The first-order valence-corrected chi connectivity index (χ1v) is 36.3. The summed E-state index contributed by atoms with van der Waals surface area (Å²) in [5.41, 5.74) is 22.7. The number of rotatable bonds is 42. The highest BCUT2D eigenvalue weighted by molar-refractivity contribution is 6.10. The van der Waals surface area contributed by atoms with Crippen LogP contribution in [0, 0.1) is 17.8 Å². The second-order valence-corrected chi connectivity index (χ2v) is 26.8. The van der Waals surface area contributed by atoms with Gasteiger partial charge in [0.15, 0.2) is 11.6 Å². The molecule has 1 aliphatic rings. The number of pyridine rings is 1. The number of carbonyl (C=O) groups excluding carboxylic acids is 7. The number of aromatic nitrogens is 6. The van der Waals surface area contributed by atoms with E-state index in [0.717, 1.165) is 97.6 Å². The number of benzene rings is 5. The minimum Gasteiger partial charge on any atom is -0.461 e. The number of ether oxygens (including phenoxy) is 5. The summed E-state index contributed by atoms with van der Waals surface area (Å²) in [6, 6.07) is 37.3. The molecule has 5 aromatic carbocycles. The molecule has 103 heavy (non-hydrogen) atoms. The van der Waals surface area contributed by atoms with Gasteiger partial charge in [0, 0.05) is 98.9 Å². The molecule has 8 aromatic rings. The van der Waals surface area contributed by atoms with Gasteiger partial charge in [-0.25, -0.2) is 9.78 Å². The van der Waals surface area contributed by atoms with E-state index in [2.05, 4.69) is 81.6 Å². The van der Waals surface area contributed by atoms with Crippen molar-refractivity contribution in [2.45, 2.75) is 164 Å². The third-order valence-corrected chi connectivity index (χ3v) is 18.2. The van der Waals surface area contributed by atoms with Crippen LogP contribution in [0.15, 0.2) is 121 Å². The summed E-state index contributed by atoms with van der Waals surface area (Å²) in [7, 11) is 0. The van der Waals surface area contributed by atoms with Crippen molar-refractivity contribution in [3.8, 4) is 22.5 Å². The summed E-state index contributed by atoms with van der Waals surface area (Å²) in [6.45, 7) is 16.3. The van der Waals surface area contributed by atoms with Crippen molar-refractivity contribution < 1.29 is 57.2 Å². The van der Waals surface area contributed by atoms with E-state index in [1.165, 1.54) is 6.42 Å². The van der Waals surface area contributed by atoms with Gasteiger partial charge >= 0.3 is 12.0 Å². The zero-order chi connectivity index (χ0) is 73.5. The molecule has 0 saturated heterocycles. The Hall–Kier alpha value is -9.55. The van der Waals surface area contributed by atoms with Gasteiger partial charge in [0.1, 0.15) is 35.1 Å². The van der Waals surface area contributed by atoms with Crippen molar-refractivity contribution in [3.05, 3.63) is 155 Å². The summed E-state index contributed by atoms with van der Waals surface area (Å²) in [5.74, 6) is -0.918. The minimum absolute atomic E-state index is 0.00537. The molecule has 9 rings (SSSR count). The van der Waals surface area contributed by atoms with E-state index in [4.69, 9.17) is 40.3 Å². The van der Waals surface area contributed by atoms with Gasteiger partial charge in [0.2, 0.25) is 11.8 Å². The van der Waals surface area contributed by atoms with E-state index in [1.54, 1.807) is 29.2 Å². The highest BCUT2D eigenvalue weighted by Crippen LogP contribution is 2.40. The number of fused-ring (bicyclic) bond motifs is 8. The minimum atomic E-state index is -0.898. The van der Waals surface area contributed by atoms with Crippen LogP contribution in [0.4, 0.5) is 16.3 Å². The monoisotopic (exact) mass is 1410 g/mol. The number of nitrogens with zero attached hydrogens (tertiary/aromatic N) is 6. The molecule has 0 radical (unpaired) electrons. The molecule has 0 unspecified atom stereocenters. The van der Waals surface area contributed by atoms with Gasteiger partial charge < -0.3 is 50.7 Å². The number of ketones is 3. The van der Waals surface area contributed by atoms with E-state index in [0.29, 0.717) is 88.8 Å². The first kappa shape index (κ1) is 79.2. The van der Waals surface area contributed by atoms with E-state index < -0.39 is 23.9 Å². The smallest absolute Gasteiger partial charge is 0.312 e. The Morgan fingerprint density at radius 1 is 0.641 bits per heavy atom. The number of anilines is 2. The summed E-state index contributed by atoms with van der Waals surface area (Å²) in [6.07, 6.45) is 6.38. The topological polar surface area (TPSA) is 317 Å². The van der Waals surface area contributed by atoms with Crippen molar-refractivity contribution >= 4 is 74.5 Å². The lowest BCUT2D eigenvalue weighted by atomic mass is 9.88. The second kappa shape index (κ2) is 41.5. The van der Waals surface area contributed by atoms with E-state index in [9.17, 15) is 33.6 Å². The number of esters is 1. The van der Waals surface area contributed by atoms with Crippen LogP contribution < -0.4 is 27.0 Å². The number of aromatic amines is 1. The Labute approximate surface area is 604 Å². The second-order valence-electron chi connectivity index (χ2n) is 26.8. The molecule has 0 aliphatic carbocycles. The molecule has 7 N–H and O–H groups in total. The molecule has 23 nitrogen and oxygen atoms in total. The molecule has 3 aromatic heterocycles. The third-order valence-electron chi connectivity index (χ3n) is 18.2. The molecule has 0 fully saturated rings. The van der Waals surface area contributed by atoms with E-state index in [1.807, 2.05) is 92.7 Å². The van der Waals surface area contributed by atoms with Gasteiger partial charge in [-0.2, -0.15) is 20.5 Å². The highest BCUT2D eigenvalue weighted by Gasteiger charge is 2.31. The fraction of sp³-hybridized carbons (Fsp3) is 0.463. The van der Waals surface area contributed by atoms with Crippen molar-refractivity contribution in [2.24, 2.45) is 23.5 Å². The average molecular weight is 1410 g/mol. The number of nitrogens with one attached hydrogen (secondary N) is 3. The van der Waals surface area contributed by atoms with Crippen LogP contribution in [0.3, 0.4) is 0 Å². The van der Waals surface area contributed by atoms with Crippen molar-refractivity contribution in [1.82, 2.24) is 40.8 Å². The fourth-order valence-corrected chi connectivity index (χ4v) is 12.0. The van der Waals surface area contributed by atoms with Crippen molar-refractivity contribution in [3.63, 3.8) is 0 Å². The number of primary amides is 1. The number of aryl methyl sites for hydroxylation is 2. The molecule has 4 heterocycles. The number of hydrogen-bond donors (Lipinski definition) is 5. The summed E-state index contributed by atoms with van der Waals surface area (Å²) < 4.78 is 30.3. The van der Waals surface area contributed by atoms with Crippen LogP contribution in [-0.4, -0.2) is 137 Å². The van der Waals surface area contributed by atoms with Gasteiger partial charge in [0.05, 0.1) is 75.7 Å². The molecule has 23 heteroatoms. The number of hydrogen-bond acceptors (Lipinski definition) is 17. The largest absolute Gasteiger partial charge is 0.461 e. The number of nitrogen functional groups attached to an aromatic ring is 1. The lowest BCUT2D eigenvalue weighted by Crippen LogP contribution is -2.46. The molecule has 0 saturated carbocycles. The van der Waals surface area contributed by atoms with Gasteiger partial charge in [0.25, 0.3) is 0 Å². The summed E-state index contributed by atoms with van der Waals surface area (Å²) in [4.78, 5) is 98.2. The Morgan fingerprint density at radius 3 is 1.95 bits per heavy atom. The van der Waals surface area contributed by atoms with Gasteiger partial charge in [-0.15, -0.1) is 0 Å². The molecule has 1 aliphatic heterocycles. The number of Topliss-reactive ketones (excluding diaryl/α,β-unsaturated/α-hetero) is 3. The predicted molar refractivity (Wildman–Crippen MR) is 399 cm³/mol. The van der Waals surface area contributed by atoms with Gasteiger partial charge in [-0.05, 0) is 83.9 Å². The predicted octanol–water partition coefficient (Wildman–Crippen LogP) is 12.1. The molecule has 0 bridgehead atoms. The standard InChI is InChI=1S/C75H91N11O12.C5H12/c1-4-5-36-86-65(69-59-17-8-10-19-62(59)79-73(76)72(69)83-86)45-52-24-22-51(23-25-52)30-33-68(91)98-49-54-28-26-53(27-29-54)46-66(89)63(20-12-35-78-75(77)93)80-74(92)61(50(2)3)47-57(88)34-38-95-40-42-97-44-43-96-41-39-94-37-13-15-56(87)31-32-67(90)85-48-55-14-6-7-16-58(55)70-71(82-84-81-70)60-18-9-11-21-64(60)85;1-4-5(2)3/h6-11,14,16-19,21-29,50,61,63H,4-5,12-13,15,20,30-49H2,1-3H3,(H2,76,79)(H,80,92)(H3,77,78,93)(H,81,82,84);5H,4H2,1-3H3/t61-,63-;/m0./s1. The Morgan fingerprint density at radius 2 is 1.26 bits per heavy atom. The van der Waals surface area contributed by atoms with E-state index >= 15 is 0 Å². The fourth-order valence-electron chi connectivity index (χ4n) is 12.0. The Balaban J connectivity index is 0.00000260. The van der Waals surface area contributed by atoms with Crippen molar-refractivity contribution in [1.29, 1.82) is 0 Å². The number of unbranched alkanes of at least 4 members (excludes halogenated alkanes) is 1. The van der Waals surface area contributed by atoms with Crippen LogP contribution in [0.1, 0.15) is 152 Å². The number of carbonyl (C=O) groups is 7. The molecule has 4 amide bonds. The first-order valence-electron chi connectivity index (χ1n) is 36.3. The summed E-state index contributed by atoms with van der Waals surface area (Å²) >= 11 is 0. The first-order chi connectivity index (χ1) is 49.9. The van der Waals surface area contributed by atoms with Gasteiger partial charge in [-0.3, -0.25) is 33.4 Å². The Kier molecular flexibility index (Phi) is 31.9. The molecule has 550 valence electrons. The number of H-pyrrole nitrogens is 1. The maximum absolute atomic E-state index is 13.9. The molecule has 0 spiro atoms. The maximum atomic E-state index is 13.9. The molecular weight excluding hydrogens is 1310 g/mol. The van der Waals surface area contributed by atoms with Crippen LogP contribution in [0.5, 0.6) is 0 Å². The zero-order valence-electron chi connectivity index (χ0n) is 60.7. The Bertz CT molecular complexity index is 4060. The highest BCUT2D eigenvalue weighted by atomic mass is 16.6. The normalized spacial score (nSPS) is 12.4. The number of amides is 4. The van der Waals surface area contributed by atoms with Crippen LogP contribution in [0.25, 0.3) is 44.3 Å². The maximum Gasteiger partial charge on any atom is 0.312 e. The van der Waals surface area contributed by atoms with Crippen LogP contribution in [0.2, 0.25) is 0 Å². The molecule has 2 atom stereocenters. The number of para-hydroxylation sites is 2. The SMILES string of the molecule is CCC(C)C.CCCCn1nc2c(N)nc3ccccc3c2c1Cc1ccc(CCC(=O)OCc2ccc(CC(=O)[C@H](CCCNC(N)=O)NC(=O)[C@@H](CC(=O)CCOCCOCCOCCOCCCC(=O)CCC(=O)N3Cc4ccccc4-c4n[nH]nc4-c4ccccc43)C(C)C)cc2)cc1. The molecular formula is C80H103N11O12. The lowest BCUT2D eigenvalue weighted by Gasteiger charge is -2.28. The number of nitrogens with two attached hydrogens (primary N) is 2. The van der Waals surface area contributed by atoms with Crippen molar-refractivity contribution in [2.75, 3.05) is 70.0 Å². The summed E-state index contributed by atoms with van der Waals surface area (Å²) in [5, 5.41) is 24.0. The van der Waals surface area contributed by atoms with Gasteiger partial charge in [-0.1, -0.05) is 164 Å². The van der Waals surface area contributed by atoms with E-state index in [-0.39, 0.29) is 113 Å². The number of urea groups is 1. The van der Waals surface area contributed by atoms with Crippen LogP contribution >= 0.6 is 0 Å². The zero-order valence-corrected chi connectivity index (χ0v) is 60.7. The lowest BCUT2D eigenvalue weighted by molar-refractivity contribution is -0.145. The third kappa shape index (κ3) is 24.6. The van der Waals surface area contributed by atoms with Crippen LogP contribution in [-0.2, 0) is 91.4 Å².